The maximum absolute atomic E-state index is 13.8. The number of benzene rings is 1. The van der Waals surface area contributed by atoms with Crippen molar-refractivity contribution in [3.05, 3.63) is 41.3 Å². The molecule has 2 atom stereocenters. The molecule has 1 aromatic carbocycles. The van der Waals surface area contributed by atoms with Crippen LogP contribution in [0, 0.1) is 17.6 Å². The molecular weight excluding hydrogens is 358 g/mol. The first-order chi connectivity index (χ1) is 11.3. The quantitative estimate of drug-likeness (QED) is 0.749. The van der Waals surface area contributed by atoms with Gasteiger partial charge in [-0.3, -0.25) is 0 Å². The van der Waals surface area contributed by atoms with Crippen LogP contribution in [0.5, 0.6) is 0 Å². The number of nitrogens with zero attached hydrogens (tertiary/aromatic N) is 2. The first-order valence-electron chi connectivity index (χ1n) is 7.47. The van der Waals surface area contributed by atoms with Crippen molar-refractivity contribution in [2.24, 2.45) is 5.92 Å². The fraction of sp³-hybridized carbons (Fsp3) is 0.467. The minimum Gasteiger partial charge on any atom is -0.416 e. The molecule has 0 saturated carbocycles. The van der Waals surface area contributed by atoms with Gasteiger partial charge in [0.1, 0.15) is 11.6 Å². The highest BCUT2D eigenvalue weighted by Gasteiger charge is 2.29. The molecular formula is C15H16F2N2O3S2. The van der Waals surface area contributed by atoms with E-state index in [2.05, 4.69) is 10.2 Å². The summed E-state index contributed by atoms with van der Waals surface area (Å²) in [5.74, 6) is -0.302. The van der Waals surface area contributed by atoms with Crippen LogP contribution < -0.4 is 0 Å². The van der Waals surface area contributed by atoms with Crippen LogP contribution in [0.2, 0.25) is 0 Å². The number of sulfone groups is 1. The van der Waals surface area contributed by atoms with Crippen LogP contribution in [-0.2, 0) is 16.3 Å². The fourth-order valence-electron chi connectivity index (χ4n) is 2.69. The first-order valence-corrected chi connectivity index (χ1v) is 10.2. The molecule has 3 rings (SSSR count). The van der Waals surface area contributed by atoms with Crippen LogP contribution in [0.25, 0.3) is 0 Å². The maximum Gasteiger partial charge on any atom is 0.277 e. The summed E-state index contributed by atoms with van der Waals surface area (Å²) in [5.41, 5.74) is 0.224. The summed E-state index contributed by atoms with van der Waals surface area (Å²) in [7, 11) is -2.94. The van der Waals surface area contributed by atoms with Gasteiger partial charge >= 0.3 is 0 Å². The summed E-state index contributed by atoms with van der Waals surface area (Å²) in [6, 6.07) is 3.30. The average Bonchev–Trinajstić information content (AvgIpc) is 3.08. The Morgan fingerprint density at radius 3 is 2.88 bits per heavy atom. The average molecular weight is 374 g/mol. The number of thioether (sulfide) groups is 1. The van der Waals surface area contributed by atoms with E-state index in [1.165, 1.54) is 0 Å². The SMILES string of the molecule is C[C@H](Sc1nnc(C[C@@H]2CCS(=O)(=O)C2)o1)c1cc(F)ccc1F. The molecule has 5 nitrogen and oxygen atoms in total. The Hall–Kier alpha value is -1.48. The molecule has 0 radical (unpaired) electrons. The molecule has 9 heteroatoms. The molecule has 1 aromatic heterocycles. The van der Waals surface area contributed by atoms with E-state index >= 15 is 0 Å². The van der Waals surface area contributed by atoms with Crippen molar-refractivity contribution in [2.75, 3.05) is 11.5 Å². The smallest absolute Gasteiger partial charge is 0.277 e. The summed E-state index contributed by atoms with van der Waals surface area (Å²) >= 11 is 1.13. The second-order valence-electron chi connectivity index (χ2n) is 5.86. The third-order valence-electron chi connectivity index (χ3n) is 3.91. The lowest BCUT2D eigenvalue weighted by molar-refractivity contribution is 0.389. The zero-order chi connectivity index (χ0) is 17.3. The van der Waals surface area contributed by atoms with Crippen molar-refractivity contribution in [3.63, 3.8) is 0 Å². The number of hydrogen-bond donors (Lipinski definition) is 0. The molecule has 0 spiro atoms. The van der Waals surface area contributed by atoms with Crippen LogP contribution in [0.4, 0.5) is 8.78 Å². The van der Waals surface area contributed by atoms with Crippen LogP contribution in [0.3, 0.4) is 0 Å². The van der Waals surface area contributed by atoms with Gasteiger partial charge in [-0.15, -0.1) is 10.2 Å². The Morgan fingerprint density at radius 2 is 2.17 bits per heavy atom. The van der Waals surface area contributed by atoms with E-state index in [-0.39, 0.29) is 28.2 Å². The van der Waals surface area contributed by atoms with Crippen LogP contribution in [-0.4, -0.2) is 30.1 Å². The lowest BCUT2D eigenvalue weighted by atomic mass is 10.1. The fourth-order valence-corrected chi connectivity index (χ4v) is 5.39. The number of halogens is 2. The number of aromatic nitrogens is 2. The van der Waals surface area contributed by atoms with Crippen molar-refractivity contribution in [2.45, 2.75) is 30.2 Å². The summed E-state index contributed by atoms with van der Waals surface area (Å²) in [4.78, 5) is 0. The number of hydrogen-bond acceptors (Lipinski definition) is 6. The Morgan fingerprint density at radius 1 is 1.38 bits per heavy atom. The van der Waals surface area contributed by atoms with Gasteiger partial charge < -0.3 is 4.42 Å². The topological polar surface area (TPSA) is 73.1 Å². The minimum absolute atomic E-state index is 0.00797. The van der Waals surface area contributed by atoms with E-state index in [0.717, 1.165) is 30.0 Å². The molecule has 2 aromatic rings. The summed E-state index contributed by atoms with van der Waals surface area (Å²) in [5, 5.41) is 7.66. The van der Waals surface area contributed by atoms with Crippen molar-refractivity contribution >= 4 is 21.6 Å². The third kappa shape index (κ3) is 4.13. The molecule has 0 aliphatic carbocycles. The van der Waals surface area contributed by atoms with Gasteiger partial charge in [-0.05, 0) is 37.5 Å². The molecule has 0 N–H and O–H groups in total. The highest BCUT2D eigenvalue weighted by molar-refractivity contribution is 7.99. The summed E-state index contributed by atoms with van der Waals surface area (Å²) in [6.45, 7) is 1.72. The molecule has 0 bridgehead atoms. The number of rotatable bonds is 5. The summed E-state index contributed by atoms with van der Waals surface area (Å²) < 4.78 is 55.5. The highest BCUT2D eigenvalue weighted by Crippen LogP contribution is 2.35. The molecule has 0 amide bonds. The zero-order valence-electron chi connectivity index (χ0n) is 12.9. The van der Waals surface area contributed by atoms with Crippen LogP contribution >= 0.6 is 11.8 Å². The van der Waals surface area contributed by atoms with Crippen molar-refractivity contribution < 1.29 is 21.6 Å². The van der Waals surface area contributed by atoms with Gasteiger partial charge in [-0.1, -0.05) is 11.8 Å². The van der Waals surface area contributed by atoms with Gasteiger partial charge in [-0.25, -0.2) is 17.2 Å². The van der Waals surface area contributed by atoms with E-state index < -0.39 is 26.7 Å². The molecule has 1 aliphatic rings. The molecule has 24 heavy (non-hydrogen) atoms. The van der Waals surface area contributed by atoms with Crippen LogP contribution in [0.15, 0.2) is 27.8 Å². The molecule has 1 aliphatic heterocycles. The van der Waals surface area contributed by atoms with E-state index in [0.29, 0.717) is 18.7 Å². The van der Waals surface area contributed by atoms with E-state index in [4.69, 9.17) is 4.42 Å². The lowest BCUT2D eigenvalue weighted by Gasteiger charge is -2.09. The van der Waals surface area contributed by atoms with Gasteiger partial charge in [0.05, 0.1) is 11.5 Å². The third-order valence-corrected chi connectivity index (χ3v) is 6.72. The van der Waals surface area contributed by atoms with E-state index in [1.54, 1.807) is 6.92 Å². The van der Waals surface area contributed by atoms with Crippen molar-refractivity contribution in [1.29, 1.82) is 0 Å². The Bertz CT molecular complexity index is 839. The predicted molar refractivity (Wildman–Crippen MR) is 85.4 cm³/mol. The van der Waals surface area contributed by atoms with Crippen LogP contribution in [0.1, 0.15) is 30.0 Å². The monoisotopic (exact) mass is 374 g/mol. The predicted octanol–water partition coefficient (Wildman–Crippen LogP) is 3.18. The molecule has 0 unspecified atom stereocenters. The highest BCUT2D eigenvalue weighted by atomic mass is 32.2. The molecule has 1 fully saturated rings. The standard InChI is InChI=1S/C15H16F2N2O3S2/c1-9(12-7-11(16)2-3-13(12)17)23-15-19-18-14(22-15)6-10-4-5-24(20,21)8-10/h2-3,7,9-10H,4-6,8H2,1H3/t9-,10-/m0/s1. The lowest BCUT2D eigenvalue weighted by Crippen LogP contribution is -2.07. The van der Waals surface area contributed by atoms with Crippen molar-refractivity contribution in [1.82, 2.24) is 10.2 Å². The van der Waals surface area contributed by atoms with E-state index in [9.17, 15) is 17.2 Å². The van der Waals surface area contributed by atoms with Gasteiger partial charge in [0, 0.05) is 17.2 Å². The largest absolute Gasteiger partial charge is 0.416 e. The van der Waals surface area contributed by atoms with Crippen molar-refractivity contribution in [3.8, 4) is 0 Å². The normalized spacial score (nSPS) is 21.0. The van der Waals surface area contributed by atoms with Gasteiger partial charge in [0.25, 0.3) is 5.22 Å². The first kappa shape index (κ1) is 17.3. The second-order valence-corrected chi connectivity index (χ2v) is 9.38. The maximum atomic E-state index is 13.8. The van der Waals surface area contributed by atoms with Gasteiger partial charge in [0.15, 0.2) is 9.84 Å². The second kappa shape index (κ2) is 6.79. The Kier molecular flexibility index (Phi) is 4.91. The van der Waals surface area contributed by atoms with Gasteiger partial charge in [0.2, 0.25) is 5.89 Å². The minimum atomic E-state index is -2.94. The molecule has 1 saturated heterocycles. The zero-order valence-corrected chi connectivity index (χ0v) is 14.5. The Labute approximate surface area is 142 Å². The summed E-state index contributed by atoms with van der Waals surface area (Å²) in [6.07, 6.45) is 1.01. The van der Waals surface area contributed by atoms with Gasteiger partial charge in [-0.2, -0.15) is 0 Å². The molecule has 2 heterocycles. The Balaban J connectivity index is 1.64. The molecule has 130 valence electrons. The van der Waals surface area contributed by atoms with E-state index in [1.807, 2.05) is 0 Å².